The molecule has 1 rings (SSSR count). The molecule has 0 heterocycles. The highest BCUT2D eigenvalue weighted by atomic mass is 16.6. The van der Waals surface area contributed by atoms with Crippen LogP contribution < -0.4 is 5.32 Å². The van der Waals surface area contributed by atoms with Gasteiger partial charge in [-0.3, -0.25) is 19.7 Å². The van der Waals surface area contributed by atoms with Gasteiger partial charge in [-0.1, -0.05) is 6.92 Å². The highest BCUT2D eigenvalue weighted by molar-refractivity contribution is 6.00. The first-order valence-corrected chi connectivity index (χ1v) is 5.84. The number of Topliss-reactive ketones (excluding diaryl/α,β-unsaturated/α-hetero) is 1. The van der Waals surface area contributed by atoms with Gasteiger partial charge in [0.15, 0.2) is 5.78 Å². The molecule has 0 aliphatic heterocycles. The van der Waals surface area contributed by atoms with E-state index in [9.17, 15) is 19.7 Å². The second-order valence-electron chi connectivity index (χ2n) is 4.30. The number of nitrogens with one attached hydrogen (secondary N) is 1. The molecule has 20 heavy (non-hydrogen) atoms. The van der Waals surface area contributed by atoms with Gasteiger partial charge < -0.3 is 5.32 Å². The predicted octanol–water partition coefficient (Wildman–Crippen LogP) is 2.29. The summed E-state index contributed by atoms with van der Waals surface area (Å²) >= 11 is 0. The van der Waals surface area contributed by atoms with Crippen LogP contribution in [-0.4, -0.2) is 16.6 Å². The minimum absolute atomic E-state index is 0.0342. The van der Waals surface area contributed by atoms with Gasteiger partial charge in [0.05, 0.1) is 11.0 Å². The lowest BCUT2D eigenvalue weighted by molar-refractivity contribution is -0.384. The van der Waals surface area contributed by atoms with Crippen molar-refractivity contribution >= 4 is 23.1 Å². The van der Waals surface area contributed by atoms with Crippen molar-refractivity contribution in [3.05, 3.63) is 33.9 Å². The maximum Gasteiger partial charge on any atom is 0.293 e. The minimum atomic E-state index is -0.670. The van der Waals surface area contributed by atoms with E-state index in [2.05, 4.69) is 5.32 Å². The lowest BCUT2D eigenvalue weighted by atomic mass is 9.96. The van der Waals surface area contributed by atoms with Crippen LogP contribution in [0.2, 0.25) is 0 Å². The molecule has 1 aromatic rings. The van der Waals surface area contributed by atoms with Crippen molar-refractivity contribution in [3.63, 3.8) is 0 Å². The van der Waals surface area contributed by atoms with E-state index >= 15 is 0 Å². The zero-order chi connectivity index (χ0) is 15.3. The van der Waals surface area contributed by atoms with Crippen LogP contribution in [0, 0.1) is 27.4 Å². The normalized spacial score (nSPS) is 11.2. The van der Waals surface area contributed by atoms with E-state index < -0.39 is 16.7 Å². The molecule has 1 N–H and O–H groups in total. The molecule has 0 bridgehead atoms. The number of hydrogen-bond donors (Lipinski definition) is 1. The third-order valence-electron chi connectivity index (χ3n) is 2.63. The molecule has 0 aliphatic rings. The fraction of sp³-hybridized carbons (Fsp3) is 0.308. The summed E-state index contributed by atoms with van der Waals surface area (Å²) in [7, 11) is 0. The molecule has 0 aliphatic carbocycles. The summed E-state index contributed by atoms with van der Waals surface area (Å²) < 4.78 is 0. The quantitative estimate of drug-likeness (QED) is 0.503. The molecule has 7 nitrogen and oxygen atoms in total. The Morgan fingerprint density at radius 1 is 1.50 bits per heavy atom. The van der Waals surface area contributed by atoms with Crippen molar-refractivity contribution in [3.8, 4) is 6.07 Å². The molecule has 1 amide bonds. The Hall–Kier alpha value is -2.75. The smallest absolute Gasteiger partial charge is 0.293 e. The highest BCUT2D eigenvalue weighted by Gasteiger charge is 2.21. The summed E-state index contributed by atoms with van der Waals surface area (Å²) in [4.78, 5) is 33.2. The number of nitrogens with zero attached hydrogens (tertiary/aromatic N) is 2. The fourth-order valence-corrected chi connectivity index (χ4v) is 1.65. The standard InChI is InChI=1S/C13H13N3O4/c1-8(5-6-14)13(18)10-3-4-11(15-9(2)17)12(7-10)16(19)20/h3-4,7-8H,5H2,1-2H3,(H,15,17). The van der Waals surface area contributed by atoms with E-state index in [4.69, 9.17) is 5.26 Å². The van der Waals surface area contributed by atoms with Gasteiger partial charge in [-0.2, -0.15) is 5.26 Å². The SMILES string of the molecule is CC(=O)Nc1ccc(C(=O)C(C)CC#N)cc1[N+](=O)[O-]. The number of amides is 1. The number of nitro benzene ring substituents is 1. The highest BCUT2D eigenvalue weighted by Crippen LogP contribution is 2.27. The van der Waals surface area contributed by atoms with Gasteiger partial charge in [-0.15, -0.1) is 0 Å². The molecule has 0 fully saturated rings. The fourth-order valence-electron chi connectivity index (χ4n) is 1.65. The molecule has 0 spiro atoms. The van der Waals surface area contributed by atoms with Crippen LogP contribution in [-0.2, 0) is 4.79 Å². The van der Waals surface area contributed by atoms with E-state index in [0.29, 0.717) is 0 Å². The number of benzene rings is 1. The van der Waals surface area contributed by atoms with Crippen molar-refractivity contribution in [2.24, 2.45) is 5.92 Å². The van der Waals surface area contributed by atoms with Crippen LogP contribution in [0.4, 0.5) is 11.4 Å². The van der Waals surface area contributed by atoms with Crippen molar-refractivity contribution in [1.82, 2.24) is 0 Å². The summed E-state index contributed by atoms with van der Waals surface area (Å²) in [6.07, 6.45) is 0.0417. The van der Waals surface area contributed by atoms with Crippen molar-refractivity contribution in [2.75, 3.05) is 5.32 Å². The Labute approximate surface area is 115 Å². The number of rotatable bonds is 5. The van der Waals surface area contributed by atoms with Gasteiger partial charge in [0.2, 0.25) is 5.91 Å². The van der Waals surface area contributed by atoms with E-state index in [1.165, 1.54) is 19.1 Å². The Kier molecular flexibility index (Phi) is 4.92. The van der Waals surface area contributed by atoms with Gasteiger partial charge in [-0.05, 0) is 12.1 Å². The largest absolute Gasteiger partial charge is 0.321 e. The first-order chi connectivity index (χ1) is 9.36. The zero-order valence-corrected chi connectivity index (χ0v) is 11.0. The zero-order valence-electron chi connectivity index (χ0n) is 11.0. The lowest BCUT2D eigenvalue weighted by Crippen LogP contribution is -2.12. The molecule has 1 unspecified atom stereocenters. The first-order valence-electron chi connectivity index (χ1n) is 5.84. The Morgan fingerprint density at radius 3 is 2.65 bits per heavy atom. The Morgan fingerprint density at radius 2 is 2.15 bits per heavy atom. The second kappa shape index (κ2) is 6.43. The third-order valence-corrected chi connectivity index (χ3v) is 2.63. The summed E-state index contributed by atoms with van der Waals surface area (Å²) in [5.41, 5.74) is -0.171. The number of nitro groups is 1. The molecule has 0 radical (unpaired) electrons. The van der Waals surface area contributed by atoms with Crippen LogP contribution in [0.25, 0.3) is 0 Å². The van der Waals surface area contributed by atoms with E-state index in [-0.39, 0.29) is 29.1 Å². The molecular weight excluding hydrogens is 262 g/mol. The topological polar surface area (TPSA) is 113 Å². The van der Waals surface area contributed by atoms with Crippen LogP contribution in [0.1, 0.15) is 30.6 Å². The van der Waals surface area contributed by atoms with Gasteiger partial charge in [0, 0.05) is 30.9 Å². The lowest BCUT2D eigenvalue weighted by Gasteiger charge is -2.08. The van der Waals surface area contributed by atoms with E-state index in [1.54, 1.807) is 6.92 Å². The molecule has 1 atom stereocenters. The first kappa shape index (κ1) is 15.3. The number of anilines is 1. The number of nitriles is 1. The van der Waals surface area contributed by atoms with E-state index in [0.717, 1.165) is 6.07 Å². The maximum atomic E-state index is 12.0. The Balaban J connectivity index is 3.17. The number of carbonyl (C=O) groups excluding carboxylic acids is 2. The molecule has 0 saturated heterocycles. The molecule has 1 aromatic carbocycles. The van der Waals surface area contributed by atoms with Crippen molar-refractivity contribution < 1.29 is 14.5 Å². The van der Waals surface area contributed by atoms with Crippen LogP contribution >= 0.6 is 0 Å². The number of hydrogen-bond acceptors (Lipinski definition) is 5. The average Bonchev–Trinajstić information content (AvgIpc) is 2.37. The predicted molar refractivity (Wildman–Crippen MR) is 71.1 cm³/mol. The Bertz CT molecular complexity index is 604. The molecule has 104 valence electrons. The van der Waals surface area contributed by atoms with Gasteiger partial charge in [-0.25, -0.2) is 0 Å². The molecule has 0 aromatic heterocycles. The van der Waals surface area contributed by atoms with Crippen molar-refractivity contribution in [2.45, 2.75) is 20.3 Å². The molecule has 7 heteroatoms. The van der Waals surface area contributed by atoms with Gasteiger partial charge >= 0.3 is 0 Å². The van der Waals surface area contributed by atoms with Crippen molar-refractivity contribution in [1.29, 1.82) is 5.26 Å². The average molecular weight is 275 g/mol. The summed E-state index contributed by atoms with van der Waals surface area (Å²) in [6, 6.07) is 5.70. The molecular formula is C13H13N3O4. The second-order valence-corrected chi connectivity index (χ2v) is 4.30. The summed E-state index contributed by atoms with van der Waals surface area (Å²) in [5.74, 6) is -1.32. The van der Waals surface area contributed by atoms with Gasteiger partial charge in [0.1, 0.15) is 5.69 Å². The maximum absolute atomic E-state index is 12.0. The van der Waals surface area contributed by atoms with Crippen LogP contribution in [0.15, 0.2) is 18.2 Å². The summed E-state index contributed by atoms with van der Waals surface area (Å²) in [6.45, 7) is 2.82. The summed E-state index contributed by atoms with van der Waals surface area (Å²) in [5, 5.41) is 21.9. The van der Waals surface area contributed by atoms with Crippen LogP contribution in [0.5, 0.6) is 0 Å². The molecule has 0 saturated carbocycles. The number of ketones is 1. The van der Waals surface area contributed by atoms with E-state index in [1.807, 2.05) is 6.07 Å². The monoisotopic (exact) mass is 275 g/mol. The number of carbonyl (C=O) groups is 2. The third kappa shape index (κ3) is 3.62. The van der Waals surface area contributed by atoms with Gasteiger partial charge in [0.25, 0.3) is 5.69 Å². The van der Waals surface area contributed by atoms with Crippen LogP contribution in [0.3, 0.4) is 0 Å². The minimum Gasteiger partial charge on any atom is -0.321 e.